The van der Waals surface area contributed by atoms with Crippen LogP contribution in [-0.4, -0.2) is 6.61 Å². The van der Waals surface area contributed by atoms with Gasteiger partial charge in [0.1, 0.15) is 0 Å². The van der Waals surface area contributed by atoms with Gasteiger partial charge in [-0.15, -0.1) is 11.3 Å². The summed E-state index contributed by atoms with van der Waals surface area (Å²) in [6, 6.07) is 8.78. The van der Waals surface area contributed by atoms with E-state index >= 15 is 0 Å². The van der Waals surface area contributed by atoms with Crippen molar-refractivity contribution in [1.82, 2.24) is 0 Å². The van der Waals surface area contributed by atoms with Crippen LogP contribution in [0.25, 0.3) is 10.1 Å². The summed E-state index contributed by atoms with van der Waals surface area (Å²) in [6.45, 7) is 7.50. The first kappa shape index (κ1) is 16.5. The number of aryl methyl sites for hydroxylation is 1. The molecule has 0 fully saturated rings. The van der Waals surface area contributed by atoms with E-state index in [1.165, 1.54) is 52.6 Å². The highest BCUT2D eigenvalue weighted by Crippen LogP contribution is 2.37. The van der Waals surface area contributed by atoms with Crippen molar-refractivity contribution in [1.29, 1.82) is 0 Å². The zero-order valence-electron chi connectivity index (χ0n) is 13.7. The van der Waals surface area contributed by atoms with Crippen LogP contribution >= 0.6 is 11.3 Å². The minimum Gasteiger partial charge on any atom is -0.374 e. The van der Waals surface area contributed by atoms with Crippen LogP contribution in [0.2, 0.25) is 0 Å². The summed E-state index contributed by atoms with van der Waals surface area (Å²) in [5, 5.41) is 1.40. The fourth-order valence-corrected chi connectivity index (χ4v) is 4.17. The van der Waals surface area contributed by atoms with Gasteiger partial charge in [0.2, 0.25) is 0 Å². The molecule has 0 bridgehead atoms. The Bertz CT molecular complexity index is 543. The molecular formula is C19H28OS. The minimum atomic E-state index is 0.210. The number of hydrogen-bond acceptors (Lipinski definition) is 2. The summed E-state index contributed by atoms with van der Waals surface area (Å²) in [4.78, 5) is 1.54. The third-order valence-corrected chi connectivity index (χ3v) is 5.19. The van der Waals surface area contributed by atoms with E-state index in [4.69, 9.17) is 4.74 Å². The van der Waals surface area contributed by atoms with E-state index in [1.807, 2.05) is 11.3 Å². The van der Waals surface area contributed by atoms with Crippen molar-refractivity contribution in [2.45, 2.75) is 65.4 Å². The van der Waals surface area contributed by atoms with Crippen molar-refractivity contribution >= 4 is 21.4 Å². The molecule has 1 unspecified atom stereocenters. The molecule has 0 saturated heterocycles. The normalized spacial score (nSPS) is 12.9. The Kier molecular flexibility index (Phi) is 6.72. The molecule has 1 nitrogen and oxygen atoms in total. The molecule has 2 aromatic rings. The maximum absolute atomic E-state index is 6.02. The molecule has 1 atom stereocenters. The maximum atomic E-state index is 6.02. The van der Waals surface area contributed by atoms with Crippen LogP contribution in [0.5, 0.6) is 0 Å². The summed E-state index contributed by atoms with van der Waals surface area (Å²) < 4.78 is 7.43. The predicted octanol–water partition coefficient (Wildman–Crippen LogP) is 6.51. The van der Waals surface area contributed by atoms with Crippen LogP contribution in [0.3, 0.4) is 0 Å². The fourth-order valence-electron chi connectivity index (χ4n) is 2.84. The molecule has 0 amide bonds. The van der Waals surface area contributed by atoms with Crippen molar-refractivity contribution in [3.05, 3.63) is 34.7 Å². The average molecular weight is 304 g/mol. The molecule has 1 aromatic carbocycles. The van der Waals surface area contributed by atoms with Crippen molar-refractivity contribution in [2.24, 2.45) is 0 Å². The average Bonchev–Trinajstić information content (AvgIpc) is 2.87. The van der Waals surface area contributed by atoms with Crippen LogP contribution in [0.15, 0.2) is 24.3 Å². The van der Waals surface area contributed by atoms with E-state index < -0.39 is 0 Å². The number of fused-ring (bicyclic) bond motifs is 1. The van der Waals surface area contributed by atoms with E-state index in [2.05, 4.69) is 45.0 Å². The van der Waals surface area contributed by atoms with Gasteiger partial charge in [0.15, 0.2) is 0 Å². The van der Waals surface area contributed by atoms with Gasteiger partial charge in [-0.3, -0.25) is 0 Å². The second-order valence-corrected chi connectivity index (χ2v) is 6.90. The third kappa shape index (κ3) is 4.31. The molecule has 1 aromatic heterocycles. The minimum absolute atomic E-state index is 0.210. The van der Waals surface area contributed by atoms with Crippen molar-refractivity contribution in [3.8, 4) is 0 Å². The lowest BCUT2D eigenvalue weighted by Gasteiger charge is -2.14. The Morgan fingerprint density at radius 2 is 1.86 bits per heavy atom. The van der Waals surface area contributed by atoms with E-state index in [0.29, 0.717) is 0 Å². The Morgan fingerprint density at radius 3 is 2.62 bits per heavy atom. The van der Waals surface area contributed by atoms with Crippen molar-refractivity contribution in [2.75, 3.05) is 6.61 Å². The monoisotopic (exact) mass is 304 g/mol. The molecule has 0 aliphatic rings. The molecule has 2 rings (SSSR count). The van der Waals surface area contributed by atoms with Gasteiger partial charge >= 0.3 is 0 Å². The van der Waals surface area contributed by atoms with Gasteiger partial charge < -0.3 is 4.74 Å². The topological polar surface area (TPSA) is 9.23 Å². The molecule has 0 radical (unpaired) electrons. The Morgan fingerprint density at radius 1 is 1.05 bits per heavy atom. The summed E-state index contributed by atoms with van der Waals surface area (Å²) in [7, 11) is 0. The molecular weight excluding hydrogens is 276 g/mol. The van der Waals surface area contributed by atoms with Crippen LogP contribution < -0.4 is 0 Å². The fraction of sp³-hybridized carbons (Fsp3) is 0.579. The first-order valence-corrected chi connectivity index (χ1v) is 9.21. The zero-order chi connectivity index (χ0) is 15.1. The van der Waals surface area contributed by atoms with Gasteiger partial charge in [-0.1, -0.05) is 51.3 Å². The molecule has 1 heterocycles. The van der Waals surface area contributed by atoms with Crippen LogP contribution in [-0.2, 0) is 11.2 Å². The van der Waals surface area contributed by atoms with E-state index in [9.17, 15) is 0 Å². The molecule has 116 valence electrons. The quantitative estimate of drug-likeness (QED) is 0.480. The highest BCUT2D eigenvalue weighted by Gasteiger charge is 2.17. The zero-order valence-corrected chi connectivity index (χ0v) is 14.5. The molecule has 0 aliphatic carbocycles. The summed E-state index contributed by atoms with van der Waals surface area (Å²) >= 11 is 1.96. The largest absolute Gasteiger partial charge is 0.374 e. The SMILES string of the molecule is CCCCCCc1sc2ccccc2c1C(C)OCCC. The Labute approximate surface area is 133 Å². The molecule has 2 heteroatoms. The lowest BCUT2D eigenvalue weighted by molar-refractivity contribution is 0.0669. The number of benzene rings is 1. The lowest BCUT2D eigenvalue weighted by atomic mass is 10.0. The molecule has 0 N–H and O–H groups in total. The highest BCUT2D eigenvalue weighted by molar-refractivity contribution is 7.19. The van der Waals surface area contributed by atoms with Crippen LogP contribution in [0, 0.1) is 0 Å². The van der Waals surface area contributed by atoms with Crippen LogP contribution in [0.1, 0.15) is 69.4 Å². The van der Waals surface area contributed by atoms with E-state index in [-0.39, 0.29) is 6.10 Å². The predicted molar refractivity (Wildman–Crippen MR) is 94.3 cm³/mol. The Balaban J connectivity index is 2.21. The molecule has 21 heavy (non-hydrogen) atoms. The van der Waals surface area contributed by atoms with Gasteiger partial charge in [0, 0.05) is 21.7 Å². The standard InChI is InChI=1S/C19H28OS/c1-4-6-7-8-13-18-19(15(3)20-14-5-2)16-11-9-10-12-17(16)21-18/h9-12,15H,4-8,13-14H2,1-3H3. The first-order valence-electron chi connectivity index (χ1n) is 8.39. The van der Waals surface area contributed by atoms with Gasteiger partial charge in [-0.2, -0.15) is 0 Å². The smallest absolute Gasteiger partial charge is 0.0813 e. The summed E-state index contributed by atoms with van der Waals surface area (Å²) in [5.41, 5.74) is 1.44. The van der Waals surface area contributed by atoms with E-state index in [1.54, 1.807) is 0 Å². The molecule has 0 aliphatic heterocycles. The van der Waals surface area contributed by atoms with Gasteiger partial charge in [-0.25, -0.2) is 0 Å². The number of ether oxygens (including phenoxy) is 1. The second kappa shape index (κ2) is 8.55. The highest BCUT2D eigenvalue weighted by atomic mass is 32.1. The second-order valence-electron chi connectivity index (χ2n) is 5.76. The summed E-state index contributed by atoms with van der Waals surface area (Å²) in [5.74, 6) is 0. The number of rotatable bonds is 9. The van der Waals surface area contributed by atoms with Gasteiger partial charge in [0.05, 0.1) is 6.10 Å². The van der Waals surface area contributed by atoms with Crippen molar-refractivity contribution in [3.63, 3.8) is 0 Å². The van der Waals surface area contributed by atoms with Crippen molar-refractivity contribution < 1.29 is 4.74 Å². The van der Waals surface area contributed by atoms with Crippen LogP contribution in [0.4, 0.5) is 0 Å². The number of thiophene rings is 1. The van der Waals surface area contributed by atoms with E-state index in [0.717, 1.165) is 13.0 Å². The third-order valence-electron chi connectivity index (χ3n) is 3.95. The Hall–Kier alpha value is -0.860. The van der Waals surface area contributed by atoms with Gasteiger partial charge in [-0.05, 0) is 37.6 Å². The first-order chi connectivity index (χ1) is 10.3. The maximum Gasteiger partial charge on any atom is 0.0813 e. The number of hydrogen-bond donors (Lipinski definition) is 0. The lowest BCUT2D eigenvalue weighted by Crippen LogP contribution is -2.03. The summed E-state index contributed by atoms with van der Waals surface area (Å²) in [6.07, 6.45) is 7.79. The molecule has 0 spiro atoms. The van der Waals surface area contributed by atoms with Gasteiger partial charge in [0.25, 0.3) is 0 Å². The molecule has 0 saturated carbocycles. The number of unbranched alkanes of at least 4 members (excludes halogenated alkanes) is 3.